The van der Waals surface area contributed by atoms with Crippen LogP contribution >= 0.6 is 0 Å². The summed E-state index contributed by atoms with van der Waals surface area (Å²) in [6.45, 7) is 11.8. The van der Waals surface area contributed by atoms with Gasteiger partial charge in [0.05, 0.1) is 11.4 Å². The van der Waals surface area contributed by atoms with Crippen LogP contribution in [-0.2, 0) is 5.41 Å². The van der Waals surface area contributed by atoms with Crippen LogP contribution in [0.1, 0.15) is 74.6 Å². The molecule has 8 aromatic rings. The second-order valence-corrected chi connectivity index (χ2v) is 16.3. The molecule has 0 heterocycles. The molecule has 0 saturated heterocycles. The number of fused-ring (bicyclic) bond motifs is 2. The fourth-order valence-electron chi connectivity index (χ4n) is 8.59. The highest BCUT2D eigenvalue weighted by Crippen LogP contribution is 2.50. The average molecular weight is 809 g/mol. The third kappa shape index (κ3) is 7.93. The molecule has 5 heteroatoms. The van der Waals surface area contributed by atoms with Crippen molar-refractivity contribution in [2.45, 2.75) is 64.0 Å². The number of alkyl halides is 3. The fraction of sp³-hybridized carbons (Fsp3) is 0.179. The van der Waals surface area contributed by atoms with Crippen LogP contribution in [-0.4, -0.2) is 6.18 Å². The van der Waals surface area contributed by atoms with E-state index in [0.29, 0.717) is 17.3 Å². The van der Waals surface area contributed by atoms with E-state index >= 15 is 13.2 Å². The Labute approximate surface area is 358 Å². The van der Waals surface area contributed by atoms with Crippen LogP contribution in [0.15, 0.2) is 195 Å². The quantitative estimate of drug-likeness (QED) is 0.107. The first kappa shape index (κ1) is 41.2. The number of benzene rings is 8. The molecule has 0 aliphatic carbocycles. The second kappa shape index (κ2) is 17.2. The SMILES string of the molecule is C=CCC(C)c1ccc(N(c2cccc(C(C)(c3cccc(N(c4ccc(C(C)CC)cc4)c4cccc5ccccc45)c3)C(F)(F)F)c2)c2cccc3ccccc23)cc1. The van der Waals surface area contributed by atoms with Crippen LogP contribution in [0.25, 0.3) is 21.5 Å². The van der Waals surface area contributed by atoms with Gasteiger partial charge in [-0.1, -0.05) is 148 Å². The molecular weight excluding hydrogens is 758 g/mol. The molecule has 0 spiro atoms. The largest absolute Gasteiger partial charge is 0.402 e. The normalized spacial score (nSPS) is 13.7. The molecule has 3 atom stereocenters. The molecule has 0 bridgehead atoms. The Morgan fingerprint density at radius 2 is 0.918 bits per heavy atom. The lowest BCUT2D eigenvalue weighted by Crippen LogP contribution is -2.40. The van der Waals surface area contributed by atoms with Crippen molar-refractivity contribution >= 4 is 55.7 Å². The standard InChI is InChI=1S/C56H51F3N2/c1-6-16-40(4)42-31-35-48(36-32-42)61(54-28-13-20-44-18-9-11-26-52(44)54)50-24-15-22-46(38-50)55(5,56(57,58)59)45-21-14-23-49(37-45)60(47-33-29-41(30-34-47)39(3)7-2)53-27-12-19-43-17-8-10-25-51(43)53/h6,8-15,17-40H,1,7,16H2,2-5H3. The van der Waals surface area contributed by atoms with Crippen molar-refractivity contribution in [2.75, 3.05) is 9.80 Å². The lowest BCUT2D eigenvalue weighted by Gasteiger charge is -2.36. The van der Waals surface area contributed by atoms with Crippen LogP contribution in [0.2, 0.25) is 0 Å². The minimum absolute atomic E-state index is 0.144. The van der Waals surface area contributed by atoms with Crippen molar-refractivity contribution < 1.29 is 13.2 Å². The highest BCUT2D eigenvalue weighted by atomic mass is 19.4. The molecule has 3 unspecified atom stereocenters. The van der Waals surface area contributed by atoms with Gasteiger partial charge in [-0.2, -0.15) is 13.2 Å². The van der Waals surface area contributed by atoms with E-state index in [0.717, 1.165) is 57.1 Å². The van der Waals surface area contributed by atoms with E-state index < -0.39 is 11.6 Å². The predicted molar refractivity (Wildman–Crippen MR) is 252 cm³/mol. The first-order valence-electron chi connectivity index (χ1n) is 21.2. The third-order valence-electron chi connectivity index (χ3n) is 12.5. The topological polar surface area (TPSA) is 6.48 Å². The van der Waals surface area contributed by atoms with Gasteiger partial charge in [0.15, 0.2) is 0 Å². The number of halogens is 3. The van der Waals surface area contributed by atoms with E-state index in [1.54, 1.807) is 36.4 Å². The molecule has 0 aliphatic rings. The maximum atomic E-state index is 16.2. The summed E-state index contributed by atoms with van der Waals surface area (Å²) in [5.41, 5.74) is 5.06. The number of rotatable bonds is 13. The molecule has 61 heavy (non-hydrogen) atoms. The van der Waals surface area contributed by atoms with Crippen LogP contribution in [0.5, 0.6) is 0 Å². The van der Waals surface area contributed by atoms with Gasteiger partial charge in [0.25, 0.3) is 0 Å². The van der Waals surface area contributed by atoms with Gasteiger partial charge in [0, 0.05) is 33.5 Å². The summed E-state index contributed by atoms with van der Waals surface area (Å²) >= 11 is 0. The molecule has 0 saturated carbocycles. The lowest BCUT2D eigenvalue weighted by molar-refractivity contribution is -0.173. The zero-order valence-electron chi connectivity index (χ0n) is 35.2. The summed E-state index contributed by atoms with van der Waals surface area (Å²) in [6, 6.07) is 59.2. The van der Waals surface area contributed by atoms with Gasteiger partial charge in [0.2, 0.25) is 0 Å². The first-order chi connectivity index (χ1) is 29.5. The summed E-state index contributed by atoms with van der Waals surface area (Å²) in [7, 11) is 0. The molecule has 8 rings (SSSR count). The van der Waals surface area contributed by atoms with Gasteiger partial charge in [-0.05, 0) is 125 Å². The van der Waals surface area contributed by atoms with E-state index in [2.05, 4.69) is 122 Å². The zero-order valence-corrected chi connectivity index (χ0v) is 35.2. The number of anilines is 6. The monoisotopic (exact) mass is 808 g/mol. The maximum Gasteiger partial charge on any atom is 0.402 e. The van der Waals surface area contributed by atoms with Crippen LogP contribution in [0.3, 0.4) is 0 Å². The summed E-state index contributed by atoms with van der Waals surface area (Å²) in [5.74, 6) is 0.665. The smallest absolute Gasteiger partial charge is 0.310 e. The van der Waals surface area contributed by atoms with Crippen molar-refractivity contribution in [2.24, 2.45) is 0 Å². The molecule has 0 N–H and O–H groups in total. The third-order valence-corrected chi connectivity index (χ3v) is 12.5. The maximum absolute atomic E-state index is 16.2. The van der Waals surface area contributed by atoms with Crippen molar-refractivity contribution in [1.29, 1.82) is 0 Å². The molecule has 0 amide bonds. The first-order valence-corrected chi connectivity index (χ1v) is 21.2. The van der Waals surface area contributed by atoms with Crippen molar-refractivity contribution in [3.63, 3.8) is 0 Å². The van der Waals surface area contributed by atoms with Crippen LogP contribution < -0.4 is 9.80 Å². The molecular formula is C56H51F3N2. The van der Waals surface area contributed by atoms with Gasteiger partial charge in [-0.25, -0.2) is 0 Å². The summed E-state index contributed by atoms with van der Waals surface area (Å²) in [5, 5.41) is 4.09. The predicted octanol–water partition coefficient (Wildman–Crippen LogP) is 17.0. The van der Waals surface area contributed by atoms with E-state index in [-0.39, 0.29) is 17.0 Å². The highest BCUT2D eigenvalue weighted by molar-refractivity contribution is 6.00. The van der Waals surface area contributed by atoms with Gasteiger partial charge < -0.3 is 9.80 Å². The molecule has 0 aliphatic heterocycles. The number of hydrogen-bond acceptors (Lipinski definition) is 2. The zero-order chi connectivity index (χ0) is 42.7. The van der Waals surface area contributed by atoms with Crippen LogP contribution in [0.4, 0.5) is 47.3 Å². The lowest BCUT2D eigenvalue weighted by atomic mass is 9.75. The summed E-state index contributed by atoms with van der Waals surface area (Å²) in [4.78, 5) is 4.16. The Hall–Kier alpha value is -6.59. The Balaban J connectivity index is 1.29. The van der Waals surface area contributed by atoms with Gasteiger partial charge in [-0.15, -0.1) is 6.58 Å². The Morgan fingerprint density at radius 3 is 1.34 bits per heavy atom. The van der Waals surface area contributed by atoms with Gasteiger partial charge in [0.1, 0.15) is 5.41 Å². The van der Waals surface area contributed by atoms with E-state index in [4.69, 9.17) is 0 Å². The summed E-state index contributed by atoms with van der Waals surface area (Å²) in [6.07, 6.45) is -0.880. The summed E-state index contributed by atoms with van der Waals surface area (Å²) < 4.78 is 48.5. The molecule has 0 aromatic heterocycles. The Kier molecular flexibility index (Phi) is 11.6. The Bertz CT molecular complexity index is 2780. The van der Waals surface area contributed by atoms with E-state index in [1.807, 2.05) is 66.7 Å². The highest BCUT2D eigenvalue weighted by Gasteiger charge is 2.53. The number of nitrogens with zero attached hydrogens (tertiary/aromatic N) is 2. The minimum Gasteiger partial charge on any atom is -0.310 e. The molecule has 0 radical (unpaired) electrons. The minimum atomic E-state index is -4.65. The van der Waals surface area contributed by atoms with Crippen molar-refractivity contribution in [3.8, 4) is 0 Å². The molecule has 8 aromatic carbocycles. The van der Waals surface area contributed by atoms with Crippen LogP contribution in [0, 0.1) is 0 Å². The fourth-order valence-corrected chi connectivity index (χ4v) is 8.59. The van der Waals surface area contributed by atoms with Crippen molar-refractivity contribution in [1.82, 2.24) is 0 Å². The van der Waals surface area contributed by atoms with Gasteiger partial charge >= 0.3 is 6.18 Å². The average Bonchev–Trinajstić information content (AvgIpc) is 3.29. The van der Waals surface area contributed by atoms with E-state index in [1.165, 1.54) is 18.1 Å². The number of allylic oxidation sites excluding steroid dienone is 1. The van der Waals surface area contributed by atoms with Gasteiger partial charge in [-0.3, -0.25) is 0 Å². The number of hydrogen-bond donors (Lipinski definition) is 0. The molecule has 0 fully saturated rings. The van der Waals surface area contributed by atoms with E-state index in [9.17, 15) is 0 Å². The second-order valence-electron chi connectivity index (χ2n) is 16.3. The Morgan fingerprint density at radius 1 is 0.508 bits per heavy atom. The van der Waals surface area contributed by atoms with Crippen molar-refractivity contribution in [3.05, 3.63) is 217 Å². The molecule has 2 nitrogen and oxygen atoms in total. The molecule has 306 valence electrons.